The van der Waals surface area contributed by atoms with Crippen LogP contribution in [0.5, 0.6) is 0 Å². The molecule has 6 atom stereocenters. The summed E-state index contributed by atoms with van der Waals surface area (Å²) in [6.07, 6.45) is 6.01. The summed E-state index contributed by atoms with van der Waals surface area (Å²) in [6.45, 7) is 3.56. The van der Waals surface area contributed by atoms with Crippen LogP contribution in [0.1, 0.15) is 84.0 Å². The lowest BCUT2D eigenvalue weighted by Crippen LogP contribution is -2.58. The third-order valence-corrected chi connectivity index (χ3v) is 9.01. The van der Waals surface area contributed by atoms with Crippen LogP contribution in [0.3, 0.4) is 0 Å². The molecular weight excluding hydrogens is 584 g/mol. The molecule has 3 heterocycles. The zero-order valence-corrected chi connectivity index (χ0v) is 26.5. The number of unbranched alkanes of at least 4 members (excludes halogenated alkanes) is 2. The van der Waals surface area contributed by atoms with E-state index in [4.69, 9.17) is 17.2 Å². The molecule has 3 saturated heterocycles. The summed E-state index contributed by atoms with van der Waals surface area (Å²) in [7, 11) is 0. The maximum Gasteiger partial charge on any atom is 0.326 e. The average molecular weight is 637 g/mol. The van der Waals surface area contributed by atoms with Gasteiger partial charge < -0.3 is 47.6 Å². The predicted octanol–water partition coefficient (Wildman–Crippen LogP) is -1.38. The molecule has 0 radical (unpaired) electrons. The Labute approximate surface area is 264 Å². The smallest absolute Gasteiger partial charge is 0.326 e. The first-order valence-corrected chi connectivity index (χ1v) is 16.4. The molecule has 45 heavy (non-hydrogen) atoms. The summed E-state index contributed by atoms with van der Waals surface area (Å²) in [6, 6.07) is -5.08. The molecule has 0 spiro atoms. The number of likely N-dealkylation sites (tertiary alicyclic amines) is 3. The highest BCUT2D eigenvalue weighted by atomic mass is 16.4. The molecule has 0 aliphatic carbocycles. The lowest BCUT2D eigenvalue weighted by atomic mass is 10.0. The average Bonchev–Trinajstić information content (AvgIpc) is 3.80. The third-order valence-electron chi connectivity index (χ3n) is 9.01. The number of hydrogen-bond donors (Lipinski definition) is 6. The highest BCUT2D eigenvalue weighted by Crippen LogP contribution is 2.28. The second kappa shape index (κ2) is 17.4. The molecule has 3 rings (SSSR count). The first kappa shape index (κ1) is 36.2. The van der Waals surface area contributed by atoms with E-state index in [1.54, 1.807) is 11.8 Å². The summed E-state index contributed by atoms with van der Waals surface area (Å²) in [5, 5.41) is 15.0. The number of rotatable bonds is 16. The Morgan fingerprint density at radius 3 is 1.69 bits per heavy atom. The fourth-order valence-electron chi connectivity index (χ4n) is 6.57. The fraction of sp³-hybridized carbons (Fsp3) is 0.800. The second-order valence-corrected chi connectivity index (χ2v) is 12.4. The Hall–Kier alpha value is -3.30. The van der Waals surface area contributed by atoms with Crippen molar-refractivity contribution < 1.29 is 33.9 Å². The van der Waals surface area contributed by atoms with Gasteiger partial charge in [0.05, 0.1) is 6.04 Å². The summed E-state index contributed by atoms with van der Waals surface area (Å²) < 4.78 is 0. The number of hydrogen-bond acceptors (Lipinski definition) is 9. The van der Waals surface area contributed by atoms with Crippen LogP contribution in [0.4, 0.5) is 0 Å². The molecule has 0 unspecified atom stereocenters. The van der Waals surface area contributed by atoms with Crippen molar-refractivity contribution in [3.05, 3.63) is 0 Å². The molecule has 0 bridgehead atoms. The zero-order chi connectivity index (χ0) is 33.1. The van der Waals surface area contributed by atoms with Crippen LogP contribution >= 0.6 is 0 Å². The number of carbonyl (C=O) groups excluding carboxylic acids is 5. The Kier molecular flexibility index (Phi) is 14.0. The largest absolute Gasteiger partial charge is 0.480 e. The van der Waals surface area contributed by atoms with E-state index in [0.717, 1.165) is 0 Å². The van der Waals surface area contributed by atoms with Gasteiger partial charge in [-0.05, 0) is 97.1 Å². The number of carbonyl (C=O) groups is 6. The predicted molar refractivity (Wildman–Crippen MR) is 165 cm³/mol. The maximum atomic E-state index is 13.9. The molecule has 0 saturated carbocycles. The van der Waals surface area contributed by atoms with E-state index in [1.807, 2.05) is 0 Å². The second-order valence-electron chi connectivity index (χ2n) is 12.4. The van der Waals surface area contributed by atoms with Crippen molar-refractivity contribution in [1.82, 2.24) is 25.3 Å². The summed E-state index contributed by atoms with van der Waals surface area (Å²) in [5.41, 5.74) is 16.9. The summed E-state index contributed by atoms with van der Waals surface area (Å²) in [4.78, 5) is 83.3. The van der Waals surface area contributed by atoms with Gasteiger partial charge in [0.25, 0.3) is 0 Å². The Morgan fingerprint density at radius 2 is 1.18 bits per heavy atom. The van der Waals surface area contributed by atoms with Crippen molar-refractivity contribution in [2.45, 2.75) is 120 Å². The van der Waals surface area contributed by atoms with Crippen LogP contribution in [0.25, 0.3) is 0 Å². The number of nitrogens with zero attached hydrogens (tertiary/aromatic N) is 3. The van der Waals surface area contributed by atoms with Gasteiger partial charge in [0.2, 0.25) is 29.5 Å². The highest BCUT2D eigenvalue weighted by molar-refractivity contribution is 5.97. The number of aliphatic carboxylic acids is 1. The van der Waals surface area contributed by atoms with Gasteiger partial charge in [0.15, 0.2) is 0 Å². The van der Waals surface area contributed by atoms with E-state index in [0.29, 0.717) is 96.9 Å². The molecule has 0 aromatic heterocycles. The maximum absolute atomic E-state index is 13.9. The van der Waals surface area contributed by atoms with E-state index in [1.165, 1.54) is 9.80 Å². The van der Waals surface area contributed by atoms with Crippen molar-refractivity contribution in [3.8, 4) is 0 Å². The van der Waals surface area contributed by atoms with E-state index >= 15 is 0 Å². The van der Waals surface area contributed by atoms with Crippen LogP contribution in [0.15, 0.2) is 0 Å². The van der Waals surface area contributed by atoms with Gasteiger partial charge in [-0.15, -0.1) is 0 Å². The van der Waals surface area contributed by atoms with Crippen molar-refractivity contribution in [3.63, 3.8) is 0 Å². The standard InChI is InChI=1S/C30H52N8O7/c1-19(33)27(41)37-17-7-12-23(37)29(43)38-18-8-13-24(38)28(42)36-16-6-11-22(36)26(40)34-20(9-2-4-14-31)25(39)35-21(30(44)45)10-3-5-15-32/h19-24H,2-18,31-33H2,1H3,(H,34,40)(H,35,39)(H,44,45)/t19-,20-,21-,22-,23-,24-/m0/s1. The van der Waals surface area contributed by atoms with Gasteiger partial charge in [-0.1, -0.05) is 0 Å². The first-order valence-electron chi connectivity index (χ1n) is 16.4. The molecule has 9 N–H and O–H groups in total. The van der Waals surface area contributed by atoms with Gasteiger partial charge in [0, 0.05) is 19.6 Å². The minimum atomic E-state index is -1.17. The van der Waals surface area contributed by atoms with Crippen LogP contribution < -0.4 is 27.8 Å². The topological polar surface area (TPSA) is 234 Å². The lowest BCUT2D eigenvalue weighted by Gasteiger charge is -2.34. The molecule has 5 amide bonds. The Balaban J connectivity index is 1.69. The molecule has 3 aliphatic heterocycles. The summed E-state index contributed by atoms with van der Waals surface area (Å²) in [5.74, 6) is -3.15. The molecule has 0 aromatic carbocycles. The molecule has 254 valence electrons. The number of amides is 5. The molecule has 0 aromatic rings. The van der Waals surface area contributed by atoms with E-state index in [9.17, 15) is 33.9 Å². The fourth-order valence-corrected chi connectivity index (χ4v) is 6.57. The quantitative estimate of drug-likeness (QED) is 0.109. The SMILES string of the molecule is C[C@H](N)C(=O)N1CCC[C@H]1C(=O)N1CCC[C@H]1C(=O)N1CCC[C@H]1C(=O)N[C@@H](CCCCN)C(=O)N[C@@H](CCCCN)C(=O)O. The minimum absolute atomic E-state index is 0.210. The van der Waals surface area contributed by atoms with Gasteiger partial charge in [-0.2, -0.15) is 0 Å². The minimum Gasteiger partial charge on any atom is -0.480 e. The van der Waals surface area contributed by atoms with Crippen molar-refractivity contribution in [1.29, 1.82) is 0 Å². The summed E-state index contributed by atoms with van der Waals surface area (Å²) >= 11 is 0. The molecule has 3 aliphatic rings. The van der Waals surface area contributed by atoms with E-state index < -0.39 is 54.0 Å². The van der Waals surface area contributed by atoms with Gasteiger partial charge in [-0.25, -0.2) is 4.79 Å². The Bertz CT molecular complexity index is 1070. The highest BCUT2D eigenvalue weighted by Gasteiger charge is 2.46. The van der Waals surface area contributed by atoms with Crippen molar-refractivity contribution in [2.75, 3.05) is 32.7 Å². The van der Waals surface area contributed by atoms with Gasteiger partial charge in [0.1, 0.15) is 30.2 Å². The first-order chi connectivity index (χ1) is 21.5. The van der Waals surface area contributed by atoms with Crippen LogP contribution in [-0.2, 0) is 28.8 Å². The van der Waals surface area contributed by atoms with Crippen molar-refractivity contribution >= 4 is 35.5 Å². The zero-order valence-electron chi connectivity index (χ0n) is 26.5. The Morgan fingerprint density at radius 1 is 0.711 bits per heavy atom. The lowest BCUT2D eigenvalue weighted by molar-refractivity contribution is -0.150. The number of nitrogens with one attached hydrogen (secondary N) is 2. The molecular formula is C30H52N8O7. The monoisotopic (exact) mass is 636 g/mol. The molecule has 15 nitrogen and oxygen atoms in total. The van der Waals surface area contributed by atoms with E-state index in [-0.39, 0.29) is 30.6 Å². The number of carboxylic acid groups (broad SMARTS) is 1. The molecule has 15 heteroatoms. The van der Waals surface area contributed by atoms with Crippen LogP contribution in [-0.4, -0.2) is 124 Å². The van der Waals surface area contributed by atoms with Gasteiger partial charge in [-0.3, -0.25) is 24.0 Å². The third kappa shape index (κ3) is 9.36. The number of carboxylic acids is 1. The molecule has 3 fully saturated rings. The van der Waals surface area contributed by atoms with Gasteiger partial charge >= 0.3 is 5.97 Å². The van der Waals surface area contributed by atoms with Crippen LogP contribution in [0.2, 0.25) is 0 Å². The van der Waals surface area contributed by atoms with Crippen LogP contribution in [0, 0.1) is 0 Å². The number of nitrogens with two attached hydrogens (primary N) is 3. The van der Waals surface area contributed by atoms with Crippen molar-refractivity contribution in [2.24, 2.45) is 17.2 Å². The normalized spacial score (nSPS) is 23.5. The van der Waals surface area contributed by atoms with E-state index in [2.05, 4.69) is 10.6 Å².